The van der Waals surface area contributed by atoms with Crippen LogP contribution < -0.4 is 5.56 Å². The number of rotatable bonds is 4. The van der Waals surface area contributed by atoms with Gasteiger partial charge in [0, 0.05) is 32.0 Å². The number of aromatic amines is 1. The molecule has 1 saturated heterocycles. The molecular formula is C22H24N4O2S2. The van der Waals surface area contributed by atoms with Crippen LogP contribution in [0.1, 0.15) is 51.1 Å². The summed E-state index contributed by atoms with van der Waals surface area (Å²) in [6.45, 7) is 3.90. The van der Waals surface area contributed by atoms with Gasteiger partial charge in [-0.05, 0) is 53.2 Å². The molecule has 0 bridgehead atoms. The highest BCUT2D eigenvalue weighted by Gasteiger charge is 2.28. The standard InChI is InChI=1S/C22H24N4O2S2/c27-21-17-13-26(22(28)19-4-2-9-30-19)8-5-18(17)23-20(24-21)16-3-1-7-25(12-16)11-15-6-10-29-14-15/h2,4,6,9-10,14,16H,1,3,5,7-8,11-13H2,(H,23,24,27). The van der Waals surface area contributed by atoms with Gasteiger partial charge in [0.05, 0.1) is 22.7 Å². The second-order valence-electron chi connectivity index (χ2n) is 8.04. The molecule has 0 saturated carbocycles. The SMILES string of the molecule is O=C(c1cccs1)N1CCc2nc(C3CCCN(Cc4ccsc4)C3)[nH]c(=O)c2C1. The van der Waals surface area contributed by atoms with Crippen LogP contribution >= 0.6 is 22.7 Å². The van der Waals surface area contributed by atoms with E-state index in [1.54, 1.807) is 16.2 Å². The predicted molar refractivity (Wildman–Crippen MR) is 119 cm³/mol. The van der Waals surface area contributed by atoms with Crippen LogP contribution in [0.2, 0.25) is 0 Å². The van der Waals surface area contributed by atoms with Gasteiger partial charge in [0.25, 0.3) is 11.5 Å². The minimum absolute atomic E-state index is 0.00419. The summed E-state index contributed by atoms with van der Waals surface area (Å²) < 4.78 is 0. The smallest absolute Gasteiger partial charge is 0.264 e. The molecule has 8 heteroatoms. The third kappa shape index (κ3) is 3.99. The van der Waals surface area contributed by atoms with Crippen LogP contribution in [0.15, 0.2) is 39.1 Å². The van der Waals surface area contributed by atoms with E-state index in [9.17, 15) is 9.59 Å². The lowest BCUT2D eigenvalue weighted by molar-refractivity contribution is 0.0737. The molecule has 1 N–H and O–H groups in total. The minimum Gasteiger partial charge on any atom is -0.333 e. The van der Waals surface area contributed by atoms with E-state index in [1.807, 2.05) is 17.5 Å². The number of likely N-dealkylation sites (tertiary alicyclic amines) is 1. The highest BCUT2D eigenvalue weighted by Crippen LogP contribution is 2.27. The summed E-state index contributed by atoms with van der Waals surface area (Å²) in [6, 6.07) is 5.89. The van der Waals surface area contributed by atoms with Crippen LogP contribution in [0.4, 0.5) is 0 Å². The second-order valence-corrected chi connectivity index (χ2v) is 9.76. The molecule has 1 amide bonds. The topological polar surface area (TPSA) is 69.3 Å². The first-order valence-electron chi connectivity index (χ1n) is 10.4. The molecule has 0 aromatic carbocycles. The fraction of sp³-hybridized carbons (Fsp3) is 0.409. The molecule has 5 heterocycles. The molecular weight excluding hydrogens is 416 g/mol. The maximum Gasteiger partial charge on any atom is 0.264 e. The minimum atomic E-state index is -0.0892. The maximum absolute atomic E-state index is 12.9. The summed E-state index contributed by atoms with van der Waals surface area (Å²) in [4.78, 5) is 38.4. The Kier molecular flexibility index (Phi) is 5.54. The van der Waals surface area contributed by atoms with Gasteiger partial charge in [0.2, 0.25) is 0 Å². The maximum atomic E-state index is 12.9. The molecule has 1 atom stereocenters. The number of carbonyl (C=O) groups excluding carboxylic acids is 1. The van der Waals surface area contributed by atoms with Crippen LogP contribution in [-0.4, -0.2) is 45.3 Å². The first kappa shape index (κ1) is 19.7. The monoisotopic (exact) mass is 440 g/mol. The van der Waals surface area contributed by atoms with Crippen molar-refractivity contribution in [2.45, 2.75) is 38.3 Å². The fourth-order valence-electron chi connectivity index (χ4n) is 4.43. The lowest BCUT2D eigenvalue weighted by Gasteiger charge is -2.33. The summed E-state index contributed by atoms with van der Waals surface area (Å²) in [5.41, 5.74) is 2.76. The highest BCUT2D eigenvalue weighted by atomic mass is 32.1. The van der Waals surface area contributed by atoms with Gasteiger partial charge in [-0.2, -0.15) is 11.3 Å². The Bertz CT molecular complexity index is 1080. The Balaban J connectivity index is 1.32. The number of amides is 1. The Morgan fingerprint density at radius 3 is 3.00 bits per heavy atom. The number of piperidine rings is 1. The second kappa shape index (κ2) is 8.45. The van der Waals surface area contributed by atoms with Crippen molar-refractivity contribution in [1.82, 2.24) is 19.8 Å². The van der Waals surface area contributed by atoms with Crippen molar-refractivity contribution in [1.29, 1.82) is 0 Å². The third-order valence-corrected chi connectivity index (χ3v) is 7.57. The fourth-order valence-corrected chi connectivity index (χ4v) is 5.78. The number of nitrogens with zero attached hydrogens (tertiary/aromatic N) is 3. The molecule has 156 valence electrons. The zero-order valence-electron chi connectivity index (χ0n) is 16.7. The first-order valence-corrected chi connectivity index (χ1v) is 12.2. The van der Waals surface area contributed by atoms with E-state index in [1.165, 1.54) is 16.9 Å². The molecule has 0 spiro atoms. The Morgan fingerprint density at radius 1 is 1.27 bits per heavy atom. The molecule has 0 aliphatic carbocycles. The number of thiophene rings is 2. The van der Waals surface area contributed by atoms with Crippen molar-refractivity contribution in [3.05, 3.63) is 72.2 Å². The summed E-state index contributed by atoms with van der Waals surface area (Å²) >= 11 is 3.17. The third-order valence-electron chi connectivity index (χ3n) is 5.98. The predicted octanol–water partition coefficient (Wildman–Crippen LogP) is 3.47. The average molecular weight is 441 g/mol. The number of H-pyrrole nitrogens is 1. The number of aromatic nitrogens is 2. The summed E-state index contributed by atoms with van der Waals surface area (Å²) in [6.07, 6.45) is 2.79. The van der Waals surface area contributed by atoms with Crippen molar-refractivity contribution in [3.63, 3.8) is 0 Å². The van der Waals surface area contributed by atoms with E-state index in [0.717, 1.165) is 44.0 Å². The average Bonchev–Trinajstić information content (AvgIpc) is 3.48. The lowest BCUT2D eigenvalue weighted by Crippen LogP contribution is -2.40. The van der Waals surface area contributed by atoms with Crippen molar-refractivity contribution in [2.75, 3.05) is 19.6 Å². The van der Waals surface area contributed by atoms with Crippen molar-refractivity contribution < 1.29 is 4.79 Å². The number of nitrogens with one attached hydrogen (secondary N) is 1. The summed E-state index contributed by atoms with van der Waals surface area (Å²) in [5.74, 6) is 1.06. The van der Waals surface area contributed by atoms with Gasteiger partial charge in [-0.25, -0.2) is 4.98 Å². The molecule has 1 fully saturated rings. The van der Waals surface area contributed by atoms with Gasteiger partial charge < -0.3 is 9.88 Å². The van der Waals surface area contributed by atoms with Crippen LogP contribution in [0.5, 0.6) is 0 Å². The highest BCUT2D eigenvalue weighted by molar-refractivity contribution is 7.12. The molecule has 1 unspecified atom stereocenters. The van der Waals surface area contributed by atoms with Crippen molar-refractivity contribution in [2.24, 2.45) is 0 Å². The number of fused-ring (bicyclic) bond motifs is 1. The molecule has 5 rings (SSSR count). The molecule has 2 aliphatic rings. The van der Waals surface area contributed by atoms with E-state index < -0.39 is 0 Å². The van der Waals surface area contributed by atoms with E-state index in [4.69, 9.17) is 4.98 Å². The number of carbonyl (C=O) groups is 1. The Labute approximate surface area is 183 Å². The van der Waals surface area contributed by atoms with Crippen molar-refractivity contribution >= 4 is 28.6 Å². The quantitative estimate of drug-likeness (QED) is 0.675. The zero-order chi connectivity index (χ0) is 20.5. The van der Waals surface area contributed by atoms with Crippen LogP contribution in [0.25, 0.3) is 0 Å². The summed E-state index contributed by atoms with van der Waals surface area (Å²) in [5, 5.41) is 6.22. The molecule has 3 aromatic heterocycles. The van der Waals surface area contributed by atoms with E-state index >= 15 is 0 Å². The normalized spacial score (nSPS) is 19.6. The van der Waals surface area contributed by atoms with Gasteiger partial charge in [0.15, 0.2) is 0 Å². The molecule has 0 radical (unpaired) electrons. The van der Waals surface area contributed by atoms with Crippen LogP contribution in [0, 0.1) is 0 Å². The van der Waals surface area contributed by atoms with E-state index in [-0.39, 0.29) is 17.4 Å². The van der Waals surface area contributed by atoms with E-state index in [2.05, 4.69) is 26.7 Å². The number of hydrogen-bond acceptors (Lipinski definition) is 6. The molecule has 3 aromatic rings. The summed E-state index contributed by atoms with van der Waals surface area (Å²) in [7, 11) is 0. The molecule has 2 aliphatic heterocycles. The molecule has 6 nitrogen and oxygen atoms in total. The zero-order valence-corrected chi connectivity index (χ0v) is 18.3. The van der Waals surface area contributed by atoms with Crippen molar-refractivity contribution in [3.8, 4) is 0 Å². The van der Waals surface area contributed by atoms with Gasteiger partial charge in [-0.15, -0.1) is 11.3 Å². The Hall–Kier alpha value is -2.29. The van der Waals surface area contributed by atoms with Gasteiger partial charge >= 0.3 is 0 Å². The largest absolute Gasteiger partial charge is 0.333 e. The van der Waals surface area contributed by atoms with Gasteiger partial charge in [0.1, 0.15) is 5.82 Å². The Morgan fingerprint density at radius 2 is 2.20 bits per heavy atom. The van der Waals surface area contributed by atoms with Crippen LogP contribution in [-0.2, 0) is 19.5 Å². The lowest BCUT2D eigenvalue weighted by atomic mass is 9.96. The number of hydrogen-bond donors (Lipinski definition) is 1. The molecule has 30 heavy (non-hydrogen) atoms. The van der Waals surface area contributed by atoms with E-state index in [0.29, 0.717) is 30.0 Å². The van der Waals surface area contributed by atoms with Crippen LogP contribution in [0.3, 0.4) is 0 Å². The van der Waals surface area contributed by atoms with Gasteiger partial charge in [-0.3, -0.25) is 14.5 Å². The first-order chi connectivity index (χ1) is 14.7. The van der Waals surface area contributed by atoms with Gasteiger partial charge in [-0.1, -0.05) is 6.07 Å².